The fourth-order valence-corrected chi connectivity index (χ4v) is 3.51. The first kappa shape index (κ1) is 22.0. The molecule has 1 aromatic carbocycles. The fourth-order valence-electron chi connectivity index (χ4n) is 3.51. The average molecular weight is 445 g/mol. The monoisotopic (exact) mass is 445 g/mol. The first-order chi connectivity index (χ1) is 15.3. The molecule has 2 aromatic heterocycles. The molecule has 1 aliphatic heterocycles. The SMILES string of the molecule is Cc1c(C(=O)Nc2cccc(CN3CCOCC3)c2)cnn1-c1ccc(C(F)(F)F)cn1. The predicted molar refractivity (Wildman–Crippen MR) is 112 cm³/mol. The van der Waals surface area contributed by atoms with Crippen molar-refractivity contribution >= 4 is 11.6 Å². The van der Waals surface area contributed by atoms with E-state index in [0.29, 0.717) is 30.2 Å². The minimum atomic E-state index is -4.47. The first-order valence-corrected chi connectivity index (χ1v) is 10.1. The Balaban J connectivity index is 1.46. The molecule has 0 spiro atoms. The number of ether oxygens (including phenoxy) is 1. The highest BCUT2D eigenvalue weighted by molar-refractivity contribution is 6.05. The maximum absolute atomic E-state index is 12.8. The van der Waals surface area contributed by atoms with Crippen LogP contribution >= 0.6 is 0 Å². The minimum Gasteiger partial charge on any atom is -0.379 e. The van der Waals surface area contributed by atoms with Crippen molar-refractivity contribution < 1.29 is 22.7 Å². The molecule has 7 nitrogen and oxygen atoms in total. The Bertz CT molecular complexity index is 1090. The Hall–Kier alpha value is -3.24. The zero-order valence-electron chi connectivity index (χ0n) is 17.4. The number of benzene rings is 1. The molecule has 0 unspecified atom stereocenters. The van der Waals surface area contributed by atoms with Crippen LogP contribution in [0, 0.1) is 6.92 Å². The summed E-state index contributed by atoms with van der Waals surface area (Å²) < 4.78 is 45.0. The molecular weight excluding hydrogens is 423 g/mol. The van der Waals surface area contributed by atoms with E-state index >= 15 is 0 Å². The lowest BCUT2D eigenvalue weighted by Crippen LogP contribution is -2.35. The molecule has 4 rings (SSSR count). The Morgan fingerprint density at radius 1 is 1.16 bits per heavy atom. The van der Waals surface area contributed by atoms with Crippen LogP contribution in [0.1, 0.15) is 27.2 Å². The van der Waals surface area contributed by atoms with E-state index in [1.807, 2.05) is 18.2 Å². The molecule has 0 radical (unpaired) electrons. The van der Waals surface area contributed by atoms with E-state index in [4.69, 9.17) is 4.74 Å². The molecule has 1 aliphatic rings. The van der Waals surface area contributed by atoms with Crippen molar-refractivity contribution in [1.29, 1.82) is 0 Å². The number of carbonyl (C=O) groups excluding carboxylic acids is 1. The van der Waals surface area contributed by atoms with Crippen LogP contribution in [0.4, 0.5) is 18.9 Å². The quantitative estimate of drug-likeness (QED) is 0.649. The summed E-state index contributed by atoms with van der Waals surface area (Å²) in [7, 11) is 0. The van der Waals surface area contributed by atoms with Gasteiger partial charge >= 0.3 is 6.18 Å². The summed E-state index contributed by atoms with van der Waals surface area (Å²) in [5.41, 5.74) is 1.66. The molecule has 168 valence electrons. The second-order valence-electron chi connectivity index (χ2n) is 7.50. The van der Waals surface area contributed by atoms with Gasteiger partial charge < -0.3 is 10.1 Å². The Morgan fingerprint density at radius 2 is 1.94 bits per heavy atom. The van der Waals surface area contributed by atoms with Gasteiger partial charge in [0.25, 0.3) is 5.91 Å². The van der Waals surface area contributed by atoms with Crippen LogP contribution in [0.15, 0.2) is 48.8 Å². The van der Waals surface area contributed by atoms with Gasteiger partial charge in [-0.15, -0.1) is 0 Å². The number of halogens is 3. The smallest absolute Gasteiger partial charge is 0.379 e. The van der Waals surface area contributed by atoms with Gasteiger partial charge in [-0.2, -0.15) is 18.3 Å². The number of carbonyl (C=O) groups is 1. The highest BCUT2D eigenvalue weighted by Crippen LogP contribution is 2.29. The number of amides is 1. The summed E-state index contributed by atoms with van der Waals surface area (Å²) in [5, 5.41) is 6.99. The van der Waals surface area contributed by atoms with Crippen LogP contribution in [0.3, 0.4) is 0 Å². The van der Waals surface area contributed by atoms with Crippen molar-refractivity contribution in [3.05, 3.63) is 71.2 Å². The zero-order chi connectivity index (χ0) is 22.7. The topological polar surface area (TPSA) is 72.3 Å². The van der Waals surface area contributed by atoms with E-state index in [1.54, 1.807) is 13.0 Å². The van der Waals surface area contributed by atoms with E-state index in [2.05, 4.69) is 20.3 Å². The molecule has 0 saturated carbocycles. The first-order valence-electron chi connectivity index (χ1n) is 10.1. The fraction of sp³-hybridized carbons (Fsp3) is 0.318. The lowest BCUT2D eigenvalue weighted by atomic mass is 10.1. The minimum absolute atomic E-state index is 0.196. The second kappa shape index (κ2) is 9.09. The molecule has 10 heteroatoms. The van der Waals surface area contributed by atoms with Gasteiger partial charge in [-0.1, -0.05) is 12.1 Å². The molecule has 3 heterocycles. The number of hydrogen-bond donors (Lipinski definition) is 1. The van der Waals surface area contributed by atoms with Gasteiger partial charge in [0, 0.05) is 31.5 Å². The Morgan fingerprint density at radius 3 is 2.62 bits per heavy atom. The summed E-state index contributed by atoms with van der Waals surface area (Å²) in [6.45, 7) is 5.60. The number of alkyl halides is 3. The van der Waals surface area contributed by atoms with Crippen LogP contribution in [0.5, 0.6) is 0 Å². The van der Waals surface area contributed by atoms with Crippen molar-refractivity contribution in [3.8, 4) is 5.82 Å². The number of nitrogens with zero attached hydrogens (tertiary/aromatic N) is 4. The Labute approximate surface area is 182 Å². The molecule has 1 fully saturated rings. The van der Waals surface area contributed by atoms with E-state index in [-0.39, 0.29) is 11.7 Å². The molecule has 0 atom stereocenters. The van der Waals surface area contributed by atoms with Gasteiger partial charge in [-0.05, 0) is 36.8 Å². The highest BCUT2D eigenvalue weighted by Gasteiger charge is 2.30. The van der Waals surface area contributed by atoms with Crippen LogP contribution in [-0.2, 0) is 17.5 Å². The molecule has 1 saturated heterocycles. The highest BCUT2D eigenvalue weighted by atomic mass is 19.4. The lowest BCUT2D eigenvalue weighted by molar-refractivity contribution is -0.137. The van der Waals surface area contributed by atoms with Gasteiger partial charge in [-0.25, -0.2) is 9.67 Å². The summed E-state index contributed by atoms with van der Waals surface area (Å²) in [6, 6.07) is 9.77. The van der Waals surface area contributed by atoms with Crippen LogP contribution in [-0.4, -0.2) is 51.9 Å². The van der Waals surface area contributed by atoms with E-state index in [1.165, 1.54) is 16.9 Å². The average Bonchev–Trinajstić information content (AvgIpc) is 3.15. The second-order valence-corrected chi connectivity index (χ2v) is 7.50. The maximum atomic E-state index is 12.8. The number of nitrogens with one attached hydrogen (secondary N) is 1. The zero-order valence-corrected chi connectivity index (χ0v) is 17.4. The summed E-state index contributed by atoms with van der Waals surface area (Å²) in [4.78, 5) is 18.9. The van der Waals surface area contributed by atoms with Crippen molar-refractivity contribution in [2.75, 3.05) is 31.6 Å². The van der Waals surface area contributed by atoms with Crippen molar-refractivity contribution in [2.45, 2.75) is 19.6 Å². The normalized spacial score (nSPS) is 15.0. The molecular formula is C22H22F3N5O2. The van der Waals surface area contributed by atoms with Gasteiger partial charge in [0.05, 0.1) is 36.2 Å². The van der Waals surface area contributed by atoms with Gasteiger partial charge in [0.15, 0.2) is 5.82 Å². The number of anilines is 1. The predicted octanol–water partition coefficient (Wildman–Crippen LogP) is 3.68. The molecule has 32 heavy (non-hydrogen) atoms. The number of morpholine rings is 1. The number of pyridine rings is 1. The standard InChI is InChI=1S/C22H22F3N5O2/c1-15-19(13-27-30(15)20-6-5-17(12-26-20)22(23,24)25)21(31)28-18-4-2-3-16(11-18)14-29-7-9-32-10-8-29/h2-6,11-13H,7-10,14H2,1H3,(H,28,31). The third-order valence-electron chi connectivity index (χ3n) is 5.24. The summed E-state index contributed by atoms with van der Waals surface area (Å²) in [5.74, 6) is -0.161. The summed E-state index contributed by atoms with van der Waals surface area (Å²) >= 11 is 0. The molecule has 0 aliphatic carbocycles. The third-order valence-corrected chi connectivity index (χ3v) is 5.24. The van der Waals surface area contributed by atoms with Gasteiger partial charge in [-0.3, -0.25) is 9.69 Å². The maximum Gasteiger partial charge on any atom is 0.417 e. The Kier molecular flexibility index (Phi) is 6.24. The van der Waals surface area contributed by atoms with Crippen LogP contribution < -0.4 is 5.32 Å². The van der Waals surface area contributed by atoms with Gasteiger partial charge in [0.1, 0.15) is 0 Å². The van der Waals surface area contributed by atoms with Crippen molar-refractivity contribution in [1.82, 2.24) is 19.7 Å². The number of rotatable bonds is 5. The van der Waals surface area contributed by atoms with E-state index in [0.717, 1.165) is 37.5 Å². The molecule has 3 aromatic rings. The number of aromatic nitrogens is 3. The van der Waals surface area contributed by atoms with Crippen LogP contribution in [0.2, 0.25) is 0 Å². The van der Waals surface area contributed by atoms with Crippen molar-refractivity contribution in [3.63, 3.8) is 0 Å². The van der Waals surface area contributed by atoms with Crippen LogP contribution in [0.25, 0.3) is 5.82 Å². The van der Waals surface area contributed by atoms with E-state index < -0.39 is 11.7 Å². The van der Waals surface area contributed by atoms with Crippen molar-refractivity contribution in [2.24, 2.45) is 0 Å². The van der Waals surface area contributed by atoms with Gasteiger partial charge in [0.2, 0.25) is 0 Å². The largest absolute Gasteiger partial charge is 0.417 e. The molecule has 1 N–H and O–H groups in total. The summed E-state index contributed by atoms with van der Waals surface area (Å²) in [6.07, 6.45) is -2.34. The lowest BCUT2D eigenvalue weighted by Gasteiger charge is -2.26. The van der Waals surface area contributed by atoms with E-state index in [9.17, 15) is 18.0 Å². The third kappa shape index (κ3) is 4.97. The molecule has 1 amide bonds. The number of hydrogen-bond acceptors (Lipinski definition) is 5. The molecule has 0 bridgehead atoms.